The Morgan fingerprint density at radius 3 is 2.67 bits per heavy atom. The zero-order chi connectivity index (χ0) is 14.4. The molecule has 1 fully saturated rings. The first-order chi connectivity index (χ1) is 10.2. The van der Waals surface area contributed by atoms with Crippen LogP contribution in [0.15, 0.2) is 42.7 Å². The van der Waals surface area contributed by atoms with E-state index in [1.54, 1.807) is 17.3 Å². The lowest BCUT2D eigenvalue weighted by molar-refractivity contribution is -0.117. The van der Waals surface area contributed by atoms with E-state index in [9.17, 15) is 9.90 Å². The third-order valence-electron chi connectivity index (χ3n) is 3.83. The molecule has 2 aromatic heterocycles. The number of pyridine rings is 2. The molecule has 1 aromatic carbocycles. The number of aliphatic hydroxyl groups excluding tert-OH is 1. The van der Waals surface area contributed by atoms with E-state index in [0.717, 1.165) is 27.5 Å². The van der Waals surface area contributed by atoms with E-state index in [2.05, 4.69) is 9.97 Å². The SMILES string of the molecule is O=C1CC(O)CN1c1cc2cccnc2c2ncccc12. The first-order valence-electron chi connectivity index (χ1n) is 6.85. The first-order valence-corrected chi connectivity index (χ1v) is 6.85. The second kappa shape index (κ2) is 4.49. The maximum absolute atomic E-state index is 12.1. The first kappa shape index (κ1) is 12.2. The summed E-state index contributed by atoms with van der Waals surface area (Å²) in [6.45, 7) is 0.328. The second-order valence-corrected chi connectivity index (χ2v) is 5.23. The molecule has 1 aliphatic heterocycles. The van der Waals surface area contributed by atoms with Crippen LogP contribution in [-0.2, 0) is 4.79 Å². The highest BCUT2D eigenvalue weighted by molar-refractivity contribution is 6.13. The van der Waals surface area contributed by atoms with Crippen molar-refractivity contribution in [3.8, 4) is 0 Å². The standard InChI is InChI=1S/C16H13N3O2/c20-11-8-14(21)19(9-11)13-7-10-3-1-5-17-15(10)16-12(13)4-2-6-18-16/h1-7,11,20H,8-9H2. The number of aliphatic hydroxyl groups is 1. The topological polar surface area (TPSA) is 66.3 Å². The minimum atomic E-state index is -0.603. The van der Waals surface area contributed by atoms with Gasteiger partial charge in [-0.25, -0.2) is 0 Å². The molecule has 104 valence electrons. The smallest absolute Gasteiger partial charge is 0.229 e. The number of β-amino-alcohol motifs (C(OH)–C–C–N with tert-alkyl or cyclic N) is 1. The van der Waals surface area contributed by atoms with Crippen molar-refractivity contribution in [3.63, 3.8) is 0 Å². The molecule has 1 unspecified atom stereocenters. The highest BCUT2D eigenvalue weighted by atomic mass is 16.3. The third-order valence-corrected chi connectivity index (χ3v) is 3.83. The van der Waals surface area contributed by atoms with Gasteiger partial charge in [-0.15, -0.1) is 0 Å². The predicted molar refractivity (Wildman–Crippen MR) is 80.0 cm³/mol. The summed E-state index contributed by atoms with van der Waals surface area (Å²) in [6.07, 6.45) is 3.03. The van der Waals surface area contributed by atoms with Gasteiger partial charge in [-0.2, -0.15) is 0 Å². The molecule has 0 saturated carbocycles. The van der Waals surface area contributed by atoms with Gasteiger partial charge >= 0.3 is 0 Å². The van der Waals surface area contributed by atoms with Crippen LogP contribution in [0.1, 0.15) is 6.42 Å². The van der Waals surface area contributed by atoms with E-state index in [4.69, 9.17) is 0 Å². The van der Waals surface area contributed by atoms with Crippen LogP contribution in [0.2, 0.25) is 0 Å². The summed E-state index contributed by atoms with van der Waals surface area (Å²) < 4.78 is 0. The van der Waals surface area contributed by atoms with Crippen LogP contribution in [0, 0.1) is 0 Å². The molecule has 5 heteroatoms. The maximum Gasteiger partial charge on any atom is 0.229 e. The van der Waals surface area contributed by atoms with E-state index >= 15 is 0 Å². The van der Waals surface area contributed by atoms with Gasteiger partial charge in [0, 0.05) is 23.2 Å². The number of aromatic nitrogens is 2. The largest absolute Gasteiger partial charge is 0.391 e. The normalized spacial score (nSPS) is 18.8. The van der Waals surface area contributed by atoms with Crippen LogP contribution < -0.4 is 4.90 Å². The lowest BCUT2D eigenvalue weighted by Gasteiger charge is -2.19. The summed E-state index contributed by atoms with van der Waals surface area (Å²) in [7, 11) is 0. The molecule has 0 radical (unpaired) electrons. The summed E-state index contributed by atoms with van der Waals surface area (Å²) in [4.78, 5) is 22.6. The molecule has 0 bridgehead atoms. The van der Waals surface area contributed by atoms with Crippen LogP contribution in [0.5, 0.6) is 0 Å². The average Bonchev–Trinajstić information content (AvgIpc) is 2.85. The lowest BCUT2D eigenvalue weighted by Crippen LogP contribution is -2.25. The van der Waals surface area contributed by atoms with Gasteiger partial charge in [0.05, 0.1) is 35.8 Å². The van der Waals surface area contributed by atoms with E-state index < -0.39 is 6.10 Å². The molecule has 1 saturated heterocycles. The number of fused-ring (bicyclic) bond motifs is 3. The van der Waals surface area contributed by atoms with Gasteiger partial charge in [0.1, 0.15) is 0 Å². The van der Waals surface area contributed by atoms with Crippen LogP contribution >= 0.6 is 0 Å². The van der Waals surface area contributed by atoms with Crippen LogP contribution in [0.3, 0.4) is 0 Å². The number of rotatable bonds is 1. The van der Waals surface area contributed by atoms with Crippen molar-refractivity contribution in [2.24, 2.45) is 0 Å². The Balaban J connectivity index is 2.05. The molecule has 1 aliphatic rings. The Morgan fingerprint density at radius 1 is 1.14 bits per heavy atom. The minimum Gasteiger partial charge on any atom is -0.391 e. The fourth-order valence-corrected chi connectivity index (χ4v) is 2.90. The fraction of sp³-hybridized carbons (Fsp3) is 0.188. The summed E-state index contributed by atoms with van der Waals surface area (Å²) in [5, 5.41) is 11.5. The Kier molecular flexibility index (Phi) is 2.62. The number of nitrogens with zero attached hydrogens (tertiary/aromatic N) is 3. The third kappa shape index (κ3) is 1.86. The number of carbonyl (C=O) groups excluding carboxylic acids is 1. The van der Waals surface area contributed by atoms with Crippen LogP contribution in [-0.4, -0.2) is 33.6 Å². The van der Waals surface area contributed by atoms with Gasteiger partial charge in [-0.3, -0.25) is 14.8 Å². The monoisotopic (exact) mass is 279 g/mol. The van der Waals surface area contributed by atoms with E-state index in [-0.39, 0.29) is 12.3 Å². The molecule has 0 spiro atoms. The van der Waals surface area contributed by atoms with Crippen LogP contribution in [0.4, 0.5) is 5.69 Å². The summed E-state index contributed by atoms with van der Waals surface area (Å²) in [5.41, 5.74) is 2.39. The average molecular weight is 279 g/mol. The van der Waals surface area contributed by atoms with Gasteiger partial charge in [0.2, 0.25) is 5.91 Å². The highest BCUT2D eigenvalue weighted by Crippen LogP contribution is 2.33. The Bertz CT molecular complexity index is 862. The molecular formula is C16H13N3O2. The zero-order valence-electron chi connectivity index (χ0n) is 11.2. The van der Waals surface area contributed by atoms with Gasteiger partial charge in [0.15, 0.2) is 0 Å². The van der Waals surface area contributed by atoms with Crippen molar-refractivity contribution >= 4 is 33.4 Å². The predicted octanol–water partition coefficient (Wildman–Crippen LogP) is 1.88. The summed E-state index contributed by atoms with van der Waals surface area (Å²) in [6, 6.07) is 9.54. The Morgan fingerprint density at radius 2 is 1.90 bits per heavy atom. The number of anilines is 1. The van der Waals surface area contributed by atoms with Crippen molar-refractivity contribution in [1.82, 2.24) is 9.97 Å². The van der Waals surface area contributed by atoms with Gasteiger partial charge < -0.3 is 10.0 Å². The Hall–Kier alpha value is -2.53. The molecule has 0 aliphatic carbocycles. The van der Waals surface area contributed by atoms with Crippen molar-refractivity contribution in [2.45, 2.75) is 12.5 Å². The number of carbonyl (C=O) groups is 1. The maximum atomic E-state index is 12.1. The van der Waals surface area contributed by atoms with Gasteiger partial charge in [-0.1, -0.05) is 6.07 Å². The molecule has 1 amide bonds. The molecule has 1 atom stereocenters. The fourth-order valence-electron chi connectivity index (χ4n) is 2.90. The van der Waals surface area contributed by atoms with Gasteiger partial charge in [0.25, 0.3) is 0 Å². The minimum absolute atomic E-state index is 0.0594. The molecule has 4 rings (SSSR count). The number of hydrogen-bond donors (Lipinski definition) is 1. The molecule has 1 N–H and O–H groups in total. The van der Waals surface area contributed by atoms with E-state index in [1.807, 2.05) is 30.3 Å². The molecule has 3 heterocycles. The van der Waals surface area contributed by atoms with Crippen LogP contribution in [0.25, 0.3) is 21.8 Å². The lowest BCUT2D eigenvalue weighted by atomic mass is 10.1. The highest BCUT2D eigenvalue weighted by Gasteiger charge is 2.30. The second-order valence-electron chi connectivity index (χ2n) is 5.23. The summed E-state index contributed by atoms with van der Waals surface area (Å²) in [5.74, 6) is -0.0594. The quantitative estimate of drug-likeness (QED) is 0.691. The van der Waals surface area contributed by atoms with Gasteiger partial charge in [-0.05, 0) is 24.3 Å². The Labute approximate surface area is 120 Å². The molecule has 3 aromatic rings. The van der Waals surface area contributed by atoms with Crippen molar-refractivity contribution in [1.29, 1.82) is 0 Å². The number of hydrogen-bond acceptors (Lipinski definition) is 4. The zero-order valence-corrected chi connectivity index (χ0v) is 11.2. The summed E-state index contributed by atoms with van der Waals surface area (Å²) >= 11 is 0. The molecular weight excluding hydrogens is 266 g/mol. The van der Waals surface area contributed by atoms with Crippen molar-refractivity contribution in [3.05, 3.63) is 42.7 Å². The molecule has 5 nitrogen and oxygen atoms in total. The van der Waals surface area contributed by atoms with Crippen molar-refractivity contribution in [2.75, 3.05) is 11.4 Å². The van der Waals surface area contributed by atoms with E-state index in [1.165, 1.54) is 0 Å². The van der Waals surface area contributed by atoms with E-state index in [0.29, 0.717) is 6.54 Å². The number of amides is 1. The molecule has 21 heavy (non-hydrogen) atoms. The van der Waals surface area contributed by atoms with Crippen molar-refractivity contribution < 1.29 is 9.90 Å². The number of benzene rings is 1.